The molecule has 0 bridgehead atoms. The number of fused-ring (bicyclic) bond motifs is 2. The summed E-state index contributed by atoms with van der Waals surface area (Å²) < 4.78 is 34.6. The fraction of sp³-hybridized carbons (Fsp3) is 0.364. The maximum atomic E-state index is 13.4. The minimum absolute atomic E-state index is 0.0296. The molecular formula is C44H47BrN10O9S. The van der Waals surface area contributed by atoms with Gasteiger partial charge in [-0.05, 0) is 95.6 Å². The van der Waals surface area contributed by atoms with E-state index in [1.165, 1.54) is 10.4 Å². The van der Waals surface area contributed by atoms with Crippen molar-refractivity contribution in [3.8, 4) is 5.75 Å². The fourth-order valence-corrected chi connectivity index (χ4v) is 10.2. The van der Waals surface area contributed by atoms with Crippen LogP contribution >= 0.6 is 15.9 Å². The van der Waals surface area contributed by atoms with Gasteiger partial charge in [0.25, 0.3) is 23.6 Å². The summed E-state index contributed by atoms with van der Waals surface area (Å²) in [5.74, 6) is -2.51. The molecule has 8 rings (SSSR count). The van der Waals surface area contributed by atoms with Gasteiger partial charge in [0.05, 0.1) is 32.6 Å². The van der Waals surface area contributed by atoms with Gasteiger partial charge in [0.1, 0.15) is 24.2 Å². The first-order chi connectivity index (χ1) is 31.2. The third-order valence-corrected chi connectivity index (χ3v) is 14.4. The van der Waals surface area contributed by atoms with Crippen LogP contribution in [0.15, 0.2) is 65.3 Å². The highest BCUT2D eigenvalue weighted by Crippen LogP contribution is 2.34. The Kier molecular flexibility index (Phi) is 13.3. The van der Waals surface area contributed by atoms with E-state index in [1.807, 2.05) is 12.1 Å². The standard InChI is InChI=1S/C44H47BrN10O9S/c1-25-4-2-6-32(36(25)38(46)57)50-39-31(45)23-48-44(52-39)49-29-13-17-54(18-14-29)65(62,63)21-15-47-40(58)27-8-9-28-24-53(16-12-26(28)22-27)19-20-64-34-7-3-5-30-37(34)43(61)55(42(30)60)33-10-11-35(56)51-41(33)59/h2-9,22-23,29,33H,10-21,24H2,1H3,(H2,46,57)(H,47,58)(H,51,56,59)(H2,48,49,50,52). The van der Waals surface area contributed by atoms with Gasteiger partial charge >= 0.3 is 0 Å². The van der Waals surface area contributed by atoms with Crippen molar-refractivity contribution in [3.63, 3.8) is 0 Å². The quantitative estimate of drug-likeness (QED) is 0.108. The number of aromatic nitrogens is 2. The minimum Gasteiger partial charge on any atom is -0.491 e. The molecule has 1 aromatic heterocycles. The molecule has 6 N–H and O–H groups in total. The number of hydrogen-bond acceptors (Lipinski definition) is 14. The summed E-state index contributed by atoms with van der Waals surface area (Å²) >= 11 is 3.45. The number of ether oxygens (including phenoxy) is 1. The fourth-order valence-electron chi connectivity index (χ4n) is 8.57. The van der Waals surface area contributed by atoms with Crippen LogP contribution < -0.4 is 31.7 Å². The van der Waals surface area contributed by atoms with Crippen LogP contribution in [0, 0.1) is 6.92 Å². The van der Waals surface area contributed by atoms with Crippen LogP contribution in [0.2, 0.25) is 0 Å². The molecule has 0 saturated carbocycles. The Bertz CT molecular complexity index is 2710. The van der Waals surface area contributed by atoms with Gasteiger partial charge in [-0.15, -0.1) is 0 Å². The first kappa shape index (κ1) is 45.3. The highest BCUT2D eigenvalue weighted by molar-refractivity contribution is 9.10. The van der Waals surface area contributed by atoms with Crippen LogP contribution in [-0.4, -0.2) is 125 Å². The van der Waals surface area contributed by atoms with E-state index >= 15 is 0 Å². The molecule has 19 nitrogen and oxygen atoms in total. The SMILES string of the molecule is Cc1cccc(Nc2nc(NC3CCN(S(=O)(=O)CCNC(=O)c4ccc5c(c4)CCN(CCOc4cccc6c4C(=O)N(C4CCC(=O)NC4=O)C6=O)C5)CC3)ncc2Br)c1C(N)=O. The van der Waals surface area contributed by atoms with Crippen molar-refractivity contribution < 1.29 is 41.9 Å². The highest BCUT2D eigenvalue weighted by atomic mass is 79.9. The Morgan fingerprint density at radius 2 is 1.75 bits per heavy atom. The second-order valence-corrected chi connectivity index (χ2v) is 19.2. The van der Waals surface area contributed by atoms with E-state index in [9.17, 15) is 37.2 Å². The molecule has 3 aromatic carbocycles. The lowest BCUT2D eigenvalue weighted by molar-refractivity contribution is -0.136. The first-order valence-corrected chi connectivity index (χ1v) is 23.6. The second-order valence-electron chi connectivity index (χ2n) is 16.3. The van der Waals surface area contributed by atoms with Crippen molar-refractivity contribution in [2.75, 3.05) is 55.7 Å². The molecule has 2 fully saturated rings. The summed E-state index contributed by atoms with van der Waals surface area (Å²) in [6.45, 7) is 4.34. The number of carbonyl (C=O) groups is 6. The molecule has 21 heteroatoms. The van der Waals surface area contributed by atoms with Crippen molar-refractivity contribution in [3.05, 3.63) is 104 Å². The zero-order chi connectivity index (χ0) is 46.0. The lowest BCUT2D eigenvalue weighted by atomic mass is 9.97. The highest BCUT2D eigenvalue weighted by Gasteiger charge is 2.46. The predicted octanol–water partition coefficient (Wildman–Crippen LogP) is 2.86. The van der Waals surface area contributed by atoms with E-state index in [0.717, 1.165) is 21.6 Å². The van der Waals surface area contributed by atoms with Gasteiger partial charge in [-0.1, -0.05) is 24.3 Å². The van der Waals surface area contributed by atoms with E-state index in [-0.39, 0.29) is 73.7 Å². The summed E-state index contributed by atoms with van der Waals surface area (Å²) in [7, 11) is -3.65. The summed E-state index contributed by atoms with van der Waals surface area (Å²) in [6, 6.07) is 14.4. The summed E-state index contributed by atoms with van der Waals surface area (Å²) in [4.78, 5) is 88.0. The Balaban J connectivity index is 0.774. The third kappa shape index (κ3) is 9.87. The van der Waals surface area contributed by atoms with Gasteiger partial charge < -0.3 is 26.4 Å². The molecular weight excluding hydrogens is 925 g/mol. The number of carbonyl (C=O) groups excluding carboxylic acids is 6. The zero-order valence-electron chi connectivity index (χ0n) is 35.4. The number of rotatable bonds is 15. The Hall–Kier alpha value is -6.29. The molecule has 0 spiro atoms. The number of benzene rings is 3. The molecule has 4 aliphatic heterocycles. The van der Waals surface area contributed by atoms with Gasteiger partial charge in [0.15, 0.2) is 0 Å². The monoisotopic (exact) mass is 970 g/mol. The zero-order valence-corrected chi connectivity index (χ0v) is 37.8. The number of piperidine rings is 2. The lowest BCUT2D eigenvalue weighted by Crippen LogP contribution is -2.54. The van der Waals surface area contributed by atoms with E-state index in [0.29, 0.717) is 71.9 Å². The topological polar surface area (TPSA) is 255 Å². The Morgan fingerprint density at radius 3 is 2.52 bits per heavy atom. The Morgan fingerprint density at radius 1 is 0.969 bits per heavy atom. The molecule has 340 valence electrons. The molecule has 1 unspecified atom stereocenters. The van der Waals surface area contributed by atoms with Crippen molar-refractivity contribution >= 4 is 78.8 Å². The van der Waals surface area contributed by atoms with Gasteiger partial charge in [-0.25, -0.2) is 17.7 Å². The molecule has 2 saturated heterocycles. The summed E-state index contributed by atoms with van der Waals surface area (Å²) in [6.07, 6.45) is 3.38. The number of anilines is 3. The number of halogens is 1. The van der Waals surface area contributed by atoms with Gasteiger partial charge in [-0.3, -0.25) is 43.9 Å². The second kappa shape index (κ2) is 19.0. The number of aryl methyl sites for hydroxylation is 1. The van der Waals surface area contributed by atoms with Gasteiger partial charge in [0.2, 0.25) is 27.8 Å². The summed E-state index contributed by atoms with van der Waals surface area (Å²) in [5.41, 5.74) is 9.95. The van der Waals surface area contributed by atoms with Crippen molar-refractivity contribution in [1.82, 2.24) is 34.7 Å². The van der Waals surface area contributed by atoms with Crippen LogP contribution in [0.1, 0.15) is 83.8 Å². The van der Waals surface area contributed by atoms with Crippen LogP contribution in [0.4, 0.5) is 17.5 Å². The predicted molar refractivity (Wildman–Crippen MR) is 241 cm³/mol. The number of primary amides is 1. The number of nitrogens with one attached hydrogen (secondary N) is 4. The molecule has 6 amide bonds. The average Bonchev–Trinajstić information content (AvgIpc) is 3.53. The van der Waals surface area contributed by atoms with E-state index < -0.39 is 45.6 Å². The maximum absolute atomic E-state index is 13.4. The maximum Gasteiger partial charge on any atom is 0.266 e. The number of nitrogens with two attached hydrogens (primary N) is 1. The molecule has 4 aliphatic rings. The van der Waals surface area contributed by atoms with Crippen LogP contribution in [0.25, 0.3) is 0 Å². The molecule has 1 atom stereocenters. The smallest absolute Gasteiger partial charge is 0.266 e. The number of hydrogen-bond donors (Lipinski definition) is 5. The normalized spacial score (nSPS) is 18.2. The van der Waals surface area contributed by atoms with Crippen LogP contribution in [0.5, 0.6) is 5.75 Å². The van der Waals surface area contributed by atoms with Gasteiger partial charge in [0, 0.05) is 63.5 Å². The molecule has 0 radical (unpaired) electrons. The average molecular weight is 972 g/mol. The van der Waals surface area contributed by atoms with Crippen molar-refractivity contribution in [1.29, 1.82) is 0 Å². The molecule has 4 aromatic rings. The van der Waals surface area contributed by atoms with Crippen LogP contribution in [-0.2, 0) is 32.6 Å². The number of sulfonamides is 1. The number of nitrogens with zero attached hydrogens (tertiary/aromatic N) is 5. The minimum atomic E-state index is -3.65. The van der Waals surface area contributed by atoms with Crippen molar-refractivity contribution in [2.24, 2.45) is 5.73 Å². The molecule has 0 aliphatic carbocycles. The molecule has 65 heavy (non-hydrogen) atoms. The van der Waals surface area contributed by atoms with Crippen LogP contribution in [0.3, 0.4) is 0 Å². The van der Waals surface area contributed by atoms with Gasteiger partial charge in [-0.2, -0.15) is 4.98 Å². The largest absolute Gasteiger partial charge is 0.491 e. The first-order valence-electron chi connectivity index (χ1n) is 21.2. The van der Waals surface area contributed by atoms with E-state index in [1.54, 1.807) is 49.5 Å². The molecule has 5 heterocycles. The van der Waals surface area contributed by atoms with E-state index in [2.05, 4.69) is 52.1 Å². The Labute approximate surface area is 383 Å². The third-order valence-electron chi connectivity index (χ3n) is 12.0. The number of imide groups is 2. The van der Waals surface area contributed by atoms with E-state index in [4.69, 9.17) is 10.5 Å². The summed E-state index contributed by atoms with van der Waals surface area (Å²) in [5, 5.41) is 11.4. The lowest BCUT2D eigenvalue weighted by Gasteiger charge is -2.31. The number of amides is 6. The van der Waals surface area contributed by atoms with Crippen molar-refractivity contribution in [2.45, 2.75) is 57.7 Å².